The smallest absolute Gasteiger partial charge is 0.310 e. The molecule has 63 heavy (non-hydrogen) atoms. The maximum absolute atomic E-state index is 12.7. The first-order valence-electron chi connectivity index (χ1n) is 24.0. The lowest BCUT2D eigenvalue weighted by Crippen LogP contribution is -2.59. The zero-order valence-corrected chi connectivity index (χ0v) is 38.8. The second kappa shape index (κ2) is 42.3. The normalized spacial score (nSPS) is 20.5. The Morgan fingerprint density at radius 2 is 0.937 bits per heavy atom. The highest BCUT2D eigenvalue weighted by Crippen LogP contribution is 2.22. The summed E-state index contributed by atoms with van der Waals surface area (Å²) in [5.74, 6) is -0.969. The summed E-state index contributed by atoms with van der Waals surface area (Å²) in [7, 11) is 0. The highest BCUT2D eigenvalue weighted by Gasteiger charge is 2.44. The number of aliphatic hydroxyl groups excluding tert-OH is 4. The molecule has 10 heteroatoms. The predicted molar refractivity (Wildman–Crippen MR) is 256 cm³/mol. The Labute approximate surface area is 380 Å². The maximum atomic E-state index is 12.7. The molecule has 0 saturated carbocycles. The van der Waals surface area contributed by atoms with Crippen molar-refractivity contribution in [1.29, 1.82) is 0 Å². The molecule has 1 aliphatic rings. The minimum Gasteiger partial charge on any atom is -0.462 e. The number of aliphatic hydroxyl groups is 4. The van der Waals surface area contributed by atoms with Gasteiger partial charge in [0.1, 0.15) is 31.0 Å². The quantitative estimate of drug-likeness (QED) is 0.0268. The fourth-order valence-electron chi connectivity index (χ4n) is 6.49. The minimum atomic E-state index is -1.62. The van der Waals surface area contributed by atoms with Crippen molar-refractivity contribution in [2.75, 3.05) is 19.8 Å². The van der Waals surface area contributed by atoms with Crippen LogP contribution in [0.3, 0.4) is 0 Å². The maximum Gasteiger partial charge on any atom is 0.310 e. The Kier molecular flexibility index (Phi) is 38.5. The van der Waals surface area contributed by atoms with Crippen LogP contribution < -0.4 is 0 Å². The lowest BCUT2D eigenvalue weighted by atomic mass is 9.99. The molecular weight excluding hydrogens is 797 g/mol. The van der Waals surface area contributed by atoms with E-state index in [1.54, 1.807) is 6.08 Å². The van der Waals surface area contributed by atoms with Crippen LogP contribution in [0.1, 0.15) is 155 Å². The fourth-order valence-corrected chi connectivity index (χ4v) is 6.49. The van der Waals surface area contributed by atoms with Crippen LogP contribution in [0.2, 0.25) is 0 Å². The summed E-state index contributed by atoms with van der Waals surface area (Å²) in [5, 5.41) is 40.1. The molecule has 1 aliphatic heterocycles. The van der Waals surface area contributed by atoms with Crippen LogP contribution in [0.25, 0.3) is 0 Å². The molecule has 0 aliphatic carbocycles. The van der Waals surface area contributed by atoms with E-state index in [0.717, 1.165) is 77.0 Å². The van der Waals surface area contributed by atoms with Gasteiger partial charge in [0.25, 0.3) is 0 Å². The third-order valence-corrected chi connectivity index (χ3v) is 10.2. The summed E-state index contributed by atoms with van der Waals surface area (Å²) in [6.07, 6.45) is 51.2. The first-order valence-corrected chi connectivity index (χ1v) is 24.0. The van der Waals surface area contributed by atoms with Crippen molar-refractivity contribution in [2.24, 2.45) is 0 Å². The van der Waals surface area contributed by atoms with Crippen molar-refractivity contribution in [2.45, 2.75) is 192 Å². The average molecular weight is 881 g/mol. The summed E-state index contributed by atoms with van der Waals surface area (Å²) >= 11 is 0. The highest BCUT2D eigenvalue weighted by atomic mass is 16.7. The number of unbranched alkanes of at least 4 members (excludes halogenated alkanes) is 10. The molecule has 0 aromatic heterocycles. The molecule has 4 N–H and O–H groups in total. The van der Waals surface area contributed by atoms with Gasteiger partial charge in [0.2, 0.25) is 0 Å². The van der Waals surface area contributed by atoms with Gasteiger partial charge in [0.15, 0.2) is 12.4 Å². The lowest BCUT2D eigenvalue weighted by molar-refractivity contribution is -0.305. The molecule has 0 spiro atoms. The Hall–Kier alpha value is -3.64. The van der Waals surface area contributed by atoms with Gasteiger partial charge in [-0.2, -0.15) is 0 Å². The van der Waals surface area contributed by atoms with E-state index in [1.807, 2.05) is 12.2 Å². The van der Waals surface area contributed by atoms with E-state index in [9.17, 15) is 30.0 Å². The van der Waals surface area contributed by atoms with Crippen LogP contribution in [0.15, 0.2) is 109 Å². The van der Waals surface area contributed by atoms with Gasteiger partial charge in [-0.05, 0) is 77.0 Å². The molecule has 1 fully saturated rings. The van der Waals surface area contributed by atoms with Crippen molar-refractivity contribution in [3.8, 4) is 0 Å². The molecular formula is C53H84O10. The van der Waals surface area contributed by atoms with E-state index in [2.05, 4.69) is 105 Å². The summed E-state index contributed by atoms with van der Waals surface area (Å²) in [6.45, 7) is 3.08. The Morgan fingerprint density at radius 3 is 1.41 bits per heavy atom. The van der Waals surface area contributed by atoms with Crippen molar-refractivity contribution in [3.63, 3.8) is 0 Å². The van der Waals surface area contributed by atoms with Gasteiger partial charge in [-0.25, -0.2) is 0 Å². The number of carbonyl (C=O) groups excluding carboxylic acids is 2. The van der Waals surface area contributed by atoms with Crippen LogP contribution in [-0.4, -0.2) is 89.0 Å². The second-order valence-electron chi connectivity index (χ2n) is 15.8. The molecule has 6 unspecified atom stereocenters. The summed E-state index contributed by atoms with van der Waals surface area (Å²) in [5.41, 5.74) is 0. The highest BCUT2D eigenvalue weighted by molar-refractivity contribution is 5.71. The van der Waals surface area contributed by atoms with Gasteiger partial charge in [0.05, 0.1) is 19.6 Å². The van der Waals surface area contributed by atoms with E-state index in [1.165, 1.54) is 38.5 Å². The van der Waals surface area contributed by atoms with Crippen molar-refractivity contribution >= 4 is 11.9 Å². The monoisotopic (exact) mass is 881 g/mol. The van der Waals surface area contributed by atoms with Crippen molar-refractivity contribution in [3.05, 3.63) is 109 Å². The zero-order valence-electron chi connectivity index (χ0n) is 38.8. The number of ether oxygens (including phenoxy) is 4. The van der Waals surface area contributed by atoms with Crippen molar-refractivity contribution < 1.29 is 49.0 Å². The molecule has 0 aromatic rings. The van der Waals surface area contributed by atoms with E-state index in [4.69, 9.17) is 18.9 Å². The van der Waals surface area contributed by atoms with Crippen LogP contribution in [0.5, 0.6) is 0 Å². The third-order valence-electron chi connectivity index (χ3n) is 10.2. The minimum absolute atomic E-state index is 0.00923. The first kappa shape index (κ1) is 57.4. The van der Waals surface area contributed by atoms with E-state index in [0.29, 0.717) is 12.8 Å². The SMILES string of the molecule is CC/C=C\C/C=C\C/C=C\C/C=C\C/C=C\CC(=O)OC(COC(=O)CCCCCCCCCCCC/C=C\C/C=C\C/C=C\C/C=C\CC)COC1OC(CO)C(O)C(O)C1O. The number of hydrogen-bond acceptors (Lipinski definition) is 10. The summed E-state index contributed by atoms with van der Waals surface area (Å²) in [4.78, 5) is 25.3. The van der Waals surface area contributed by atoms with Crippen LogP contribution in [0.4, 0.5) is 0 Å². The van der Waals surface area contributed by atoms with Gasteiger partial charge >= 0.3 is 11.9 Å². The third kappa shape index (κ3) is 33.5. The molecule has 0 radical (unpaired) electrons. The molecule has 6 atom stereocenters. The zero-order chi connectivity index (χ0) is 45.9. The Morgan fingerprint density at radius 1 is 0.508 bits per heavy atom. The lowest BCUT2D eigenvalue weighted by Gasteiger charge is -2.39. The topological polar surface area (TPSA) is 152 Å². The first-order chi connectivity index (χ1) is 30.8. The number of rotatable bonds is 38. The van der Waals surface area contributed by atoms with Crippen LogP contribution in [-0.2, 0) is 28.5 Å². The summed E-state index contributed by atoms with van der Waals surface area (Å²) < 4.78 is 22.1. The van der Waals surface area contributed by atoms with Gasteiger partial charge in [-0.3, -0.25) is 9.59 Å². The van der Waals surface area contributed by atoms with Crippen molar-refractivity contribution in [1.82, 2.24) is 0 Å². The average Bonchev–Trinajstić information content (AvgIpc) is 3.28. The molecule has 10 nitrogen and oxygen atoms in total. The van der Waals surface area contributed by atoms with Crippen LogP contribution in [0, 0.1) is 0 Å². The molecule has 356 valence electrons. The molecule has 1 rings (SSSR count). The standard InChI is InChI=1S/C53H84O10/c1-3-5-7-9-11-13-15-17-19-20-21-22-23-24-25-26-28-29-31-33-35-37-39-41-48(55)60-44-46(45-61-53-52(59)51(58)50(57)47(43-54)63-53)62-49(56)42-40-38-36-34-32-30-27-18-16-14-12-10-8-6-4-2/h5-8,11-14,17-19,21-22,27,32,34,38,40,46-47,50-54,57-59H,3-4,9-10,15-16,20,23-26,28-31,33,35-37,39,41-45H2,1-2H3/b7-5-,8-6-,13-11-,14-12-,19-17-,22-21-,27-18-,34-32-,40-38-. The molecule has 1 saturated heterocycles. The van der Waals surface area contributed by atoms with Gasteiger partial charge in [-0.1, -0.05) is 175 Å². The second-order valence-corrected chi connectivity index (χ2v) is 15.8. The number of allylic oxidation sites excluding steroid dienone is 17. The Bertz CT molecular complexity index is 1390. The number of esters is 2. The largest absolute Gasteiger partial charge is 0.462 e. The molecule has 0 aromatic carbocycles. The van der Waals surface area contributed by atoms with E-state index in [-0.39, 0.29) is 26.1 Å². The van der Waals surface area contributed by atoms with Gasteiger partial charge in [0, 0.05) is 6.42 Å². The van der Waals surface area contributed by atoms with Crippen LogP contribution >= 0.6 is 0 Å². The molecule has 0 amide bonds. The number of hydrogen-bond donors (Lipinski definition) is 4. The van der Waals surface area contributed by atoms with Gasteiger partial charge in [-0.15, -0.1) is 0 Å². The van der Waals surface area contributed by atoms with E-state index < -0.39 is 55.4 Å². The Balaban J connectivity index is 2.32. The predicted octanol–water partition coefficient (Wildman–Crippen LogP) is 10.9. The molecule has 1 heterocycles. The summed E-state index contributed by atoms with van der Waals surface area (Å²) in [6, 6.07) is 0. The fraction of sp³-hybridized carbons (Fsp3) is 0.623. The molecule has 0 bridgehead atoms. The number of carbonyl (C=O) groups is 2. The van der Waals surface area contributed by atoms with E-state index >= 15 is 0 Å². The van der Waals surface area contributed by atoms with Gasteiger partial charge < -0.3 is 39.4 Å².